The molecule has 0 bridgehead atoms. The van der Waals surface area contributed by atoms with Crippen LogP contribution in [0.3, 0.4) is 0 Å². The molecule has 4 rings (SSSR count). The van der Waals surface area contributed by atoms with Crippen molar-refractivity contribution in [2.75, 3.05) is 18.5 Å². The molecule has 24 heavy (non-hydrogen) atoms. The average molecular weight is 327 g/mol. The lowest BCUT2D eigenvalue weighted by Crippen LogP contribution is -2.47. The Morgan fingerprint density at radius 1 is 1.38 bits per heavy atom. The Morgan fingerprint density at radius 2 is 2.25 bits per heavy atom. The van der Waals surface area contributed by atoms with E-state index < -0.39 is 0 Å². The largest absolute Gasteiger partial charge is 0.375 e. The lowest BCUT2D eigenvalue weighted by Gasteiger charge is -2.47. The average Bonchev–Trinajstić information content (AvgIpc) is 2.93. The van der Waals surface area contributed by atoms with Crippen molar-refractivity contribution >= 4 is 22.6 Å². The highest BCUT2D eigenvalue weighted by atomic mass is 16.5. The lowest BCUT2D eigenvalue weighted by molar-refractivity contribution is -0.142. The topological polar surface area (TPSA) is 55.3 Å². The molecule has 1 saturated carbocycles. The third-order valence-corrected chi connectivity index (χ3v) is 5.56. The number of carbonyl (C=O) groups is 1. The number of amides is 2. The highest BCUT2D eigenvalue weighted by Gasteiger charge is 2.42. The standard InChI is InChI=1S/C19H25N3O2/c1-22-9-5-15-3-4-16(11-17(15)22)21-18(23)20-13-14-6-10-24-19(12-14)7-2-8-19/h3-5,9,11,14H,2,6-8,10,12-13H2,1H3,(H2,20,21,23). The number of fused-ring (bicyclic) bond motifs is 1. The number of carbonyl (C=O) groups excluding carboxylic acids is 1. The molecule has 2 N–H and O–H groups in total. The van der Waals surface area contributed by atoms with E-state index in [-0.39, 0.29) is 11.6 Å². The number of anilines is 1. The van der Waals surface area contributed by atoms with Crippen LogP contribution < -0.4 is 10.6 Å². The van der Waals surface area contributed by atoms with E-state index in [1.165, 1.54) is 24.6 Å². The Balaban J connectivity index is 1.31. The van der Waals surface area contributed by atoms with Gasteiger partial charge in [-0.05, 0) is 61.6 Å². The molecule has 2 heterocycles. The highest BCUT2D eigenvalue weighted by Crippen LogP contribution is 2.44. The first-order valence-corrected chi connectivity index (χ1v) is 8.87. The number of nitrogens with zero attached hydrogens (tertiary/aromatic N) is 1. The van der Waals surface area contributed by atoms with Crippen LogP contribution in [-0.4, -0.2) is 29.4 Å². The summed E-state index contributed by atoms with van der Waals surface area (Å²) in [4.78, 5) is 12.2. The summed E-state index contributed by atoms with van der Waals surface area (Å²) in [5.41, 5.74) is 2.08. The Labute approximate surface area is 142 Å². The minimum atomic E-state index is -0.127. The fourth-order valence-corrected chi connectivity index (χ4v) is 3.98. The summed E-state index contributed by atoms with van der Waals surface area (Å²) in [6, 6.07) is 7.93. The fourth-order valence-electron chi connectivity index (χ4n) is 3.98. The molecule has 5 nitrogen and oxygen atoms in total. The quantitative estimate of drug-likeness (QED) is 0.904. The predicted octanol–water partition coefficient (Wildman–Crippen LogP) is 3.65. The van der Waals surface area contributed by atoms with Crippen LogP contribution in [0, 0.1) is 5.92 Å². The molecule has 1 aliphatic heterocycles. The van der Waals surface area contributed by atoms with Crippen molar-refractivity contribution in [1.29, 1.82) is 0 Å². The van der Waals surface area contributed by atoms with Crippen molar-refractivity contribution in [3.05, 3.63) is 30.5 Å². The first kappa shape index (κ1) is 15.5. The van der Waals surface area contributed by atoms with E-state index in [1.807, 2.05) is 31.4 Å². The van der Waals surface area contributed by atoms with Crippen molar-refractivity contribution in [3.8, 4) is 0 Å². The van der Waals surface area contributed by atoms with Crippen LogP contribution in [0.1, 0.15) is 32.1 Å². The first-order chi connectivity index (χ1) is 11.6. The number of aryl methyl sites for hydroxylation is 1. The van der Waals surface area contributed by atoms with Crippen LogP contribution in [0.5, 0.6) is 0 Å². The molecular weight excluding hydrogens is 302 g/mol. The summed E-state index contributed by atoms with van der Waals surface area (Å²) < 4.78 is 8.00. The SMILES string of the molecule is Cn1ccc2ccc(NC(=O)NCC3CCOC4(CCC4)C3)cc21. The second-order valence-electron chi connectivity index (χ2n) is 7.28. The monoisotopic (exact) mass is 327 g/mol. The van der Waals surface area contributed by atoms with Gasteiger partial charge in [0.15, 0.2) is 0 Å². The van der Waals surface area contributed by atoms with Gasteiger partial charge in [0.1, 0.15) is 0 Å². The smallest absolute Gasteiger partial charge is 0.319 e. The van der Waals surface area contributed by atoms with E-state index >= 15 is 0 Å². The summed E-state index contributed by atoms with van der Waals surface area (Å²) in [6.45, 7) is 1.56. The summed E-state index contributed by atoms with van der Waals surface area (Å²) in [5.74, 6) is 0.528. The zero-order valence-corrected chi connectivity index (χ0v) is 14.2. The number of aromatic nitrogens is 1. The van der Waals surface area contributed by atoms with Gasteiger partial charge in [0.25, 0.3) is 0 Å². The van der Waals surface area contributed by atoms with Gasteiger partial charge >= 0.3 is 6.03 Å². The molecule has 1 spiro atoms. The molecule has 1 saturated heterocycles. The van der Waals surface area contributed by atoms with Crippen LogP contribution in [0.25, 0.3) is 10.9 Å². The molecule has 1 aliphatic carbocycles. The van der Waals surface area contributed by atoms with Gasteiger partial charge in [-0.2, -0.15) is 0 Å². The summed E-state index contributed by atoms with van der Waals surface area (Å²) in [6.07, 6.45) is 7.80. The van der Waals surface area contributed by atoms with Gasteiger partial charge in [-0.15, -0.1) is 0 Å². The summed E-state index contributed by atoms with van der Waals surface area (Å²) in [7, 11) is 2.01. The van der Waals surface area contributed by atoms with Gasteiger partial charge < -0.3 is 19.9 Å². The zero-order valence-electron chi connectivity index (χ0n) is 14.2. The number of urea groups is 1. The van der Waals surface area contributed by atoms with Gasteiger partial charge in [-0.1, -0.05) is 6.07 Å². The number of benzene rings is 1. The van der Waals surface area contributed by atoms with Crippen LogP contribution in [0.2, 0.25) is 0 Å². The van der Waals surface area contributed by atoms with E-state index in [9.17, 15) is 4.79 Å². The van der Waals surface area contributed by atoms with E-state index in [2.05, 4.69) is 21.3 Å². The molecule has 2 aromatic rings. The molecule has 1 aromatic heterocycles. The second-order valence-corrected chi connectivity index (χ2v) is 7.28. The normalized spacial score (nSPS) is 22.3. The molecule has 128 valence electrons. The number of hydrogen-bond acceptors (Lipinski definition) is 2. The second kappa shape index (κ2) is 6.13. The highest BCUT2D eigenvalue weighted by molar-refractivity contribution is 5.92. The molecule has 0 radical (unpaired) electrons. The maximum atomic E-state index is 12.2. The molecule has 2 amide bonds. The van der Waals surface area contributed by atoms with Gasteiger partial charge in [0.2, 0.25) is 0 Å². The summed E-state index contributed by atoms with van der Waals surface area (Å²) in [5, 5.41) is 7.15. The maximum absolute atomic E-state index is 12.2. The molecule has 2 aliphatic rings. The van der Waals surface area contributed by atoms with Crippen LogP contribution >= 0.6 is 0 Å². The summed E-state index contributed by atoms with van der Waals surface area (Å²) >= 11 is 0. The van der Waals surface area contributed by atoms with E-state index in [0.29, 0.717) is 5.92 Å². The molecule has 1 atom stereocenters. The number of nitrogens with one attached hydrogen (secondary N) is 2. The minimum Gasteiger partial charge on any atom is -0.375 e. The van der Waals surface area contributed by atoms with Gasteiger partial charge in [0.05, 0.1) is 5.60 Å². The molecule has 5 heteroatoms. The van der Waals surface area contributed by atoms with Crippen LogP contribution in [0.15, 0.2) is 30.5 Å². The van der Waals surface area contributed by atoms with Crippen molar-refractivity contribution < 1.29 is 9.53 Å². The minimum absolute atomic E-state index is 0.127. The van der Waals surface area contributed by atoms with Gasteiger partial charge in [0, 0.05) is 37.6 Å². The van der Waals surface area contributed by atoms with Crippen molar-refractivity contribution in [3.63, 3.8) is 0 Å². The maximum Gasteiger partial charge on any atom is 0.319 e. The van der Waals surface area contributed by atoms with E-state index in [4.69, 9.17) is 4.74 Å². The van der Waals surface area contributed by atoms with E-state index in [1.54, 1.807) is 0 Å². The van der Waals surface area contributed by atoms with E-state index in [0.717, 1.165) is 37.2 Å². The van der Waals surface area contributed by atoms with Crippen molar-refractivity contribution in [2.24, 2.45) is 13.0 Å². The number of rotatable bonds is 3. The fraction of sp³-hybridized carbons (Fsp3) is 0.526. The van der Waals surface area contributed by atoms with Gasteiger partial charge in [-0.3, -0.25) is 0 Å². The van der Waals surface area contributed by atoms with Gasteiger partial charge in [-0.25, -0.2) is 4.79 Å². The Kier molecular flexibility index (Phi) is 3.96. The Hall–Kier alpha value is -2.01. The third-order valence-electron chi connectivity index (χ3n) is 5.56. The molecule has 1 unspecified atom stereocenters. The lowest BCUT2D eigenvalue weighted by atomic mass is 9.72. The van der Waals surface area contributed by atoms with Crippen molar-refractivity contribution in [1.82, 2.24) is 9.88 Å². The molecule has 1 aromatic carbocycles. The number of hydrogen-bond donors (Lipinski definition) is 2. The zero-order chi connectivity index (χ0) is 16.6. The third kappa shape index (κ3) is 3.00. The van der Waals surface area contributed by atoms with Crippen LogP contribution in [0.4, 0.5) is 10.5 Å². The Morgan fingerprint density at radius 3 is 3.04 bits per heavy atom. The molecular formula is C19H25N3O2. The molecule has 2 fully saturated rings. The van der Waals surface area contributed by atoms with Crippen molar-refractivity contribution in [2.45, 2.75) is 37.7 Å². The number of ether oxygens (including phenoxy) is 1. The Bertz CT molecular complexity index is 748. The first-order valence-electron chi connectivity index (χ1n) is 8.87. The van der Waals surface area contributed by atoms with Crippen LogP contribution in [-0.2, 0) is 11.8 Å². The predicted molar refractivity (Wildman–Crippen MR) is 95.2 cm³/mol.